The normalized spacial score (nSPS) is 10.5. The molecule has 0 unspecified atom stereocenters. The van der Waals surface area contributed by atoms with Gasteiger partial charge in [0, 0.05) is 23.5 Å². The van der Waals surface area contributed by atoms with E-state index in [-0.39, 0.29) is 5.91 Å². The minimum Gasteiger partial charge on any atom is -0.494 e. The number of amides is 1. The summed E-state index contributed by atoms with van der Waals surface area (Å²) in [5.41, 5.74) is 3.87. The molecule has 6 nitrogen and oxygen atoms in total. The molecule has 0 atom stereocenters. The van der Waals surface area contributed by atoms with Gasteiger partial charge in [0.2, 0.25) is 0 Å². The lowest BCUT2D eigenvalue weighted by molar-refractivity contribution is 0.102. The lowest BCUT2D eigenvalue weighted by Gasteiger charge is -2.12. The van der Waals surface area contributed by atoms with Crippen molar-refractivity contribution in [2.24, 2.45) is 0 Å². The molecule has 1 heterocycles. The van der Waals surface area contributed by atoms with Gasteiger partial charge in [-0.25, -0.2) is 0 Å². The summed E-state index contributed by atoms with van der Waals surface area (Å²) in [7, 11) is 0. The van der Waals surface area contributed by atoms with Gasteiger partial charge in [0.1, 0.15) is 11.5 Å². The number of hydrogen-bond acceptors (Lipinski definition) is 5. The molecule has 0 radical (unpaired) electrons. The van der Waals surface area contributed by atoms with Gasteiger partial charge in [0.25, 0.3) is 5.91 Å². The molecule has 1 aromatic heterocycles. The van der Waals surface area contributed by atoms with Crippen molar-refractivity contribution in [1.29, 1.82) is 0 Å². The summed E-state index contributed by atoms with van der Waals surface area (Å²) < 4.78 is 10.6. The smallest absolute Gasteiger partial charge is 0.257 e. The summed E-state index contributed by atoms with van der Waals surface area (Å²) in [4.78, 5) is 12.7. The van der Waals surface area contributed by atoms with Crippen LogP contribution in [-0.4, -0.2) is 17.7 Å². The first-order valence-electron chi connectivity index (χ1n) is 8.87. The van der Waals surface area contributed by atoms with Gasteiger partial charge in [-0.05, 0) is 57.2 Å². The van der Waals surface area contributed by atoms with Gasteiger partial charge >= 0.3 is 0 Å². The number of aromatic nitrogens is 1. The predicted octanol–water partition coefficient (Wildman–Crippen LogP) is 4.55. The number of ether oxygens (including phenoxy) is 1. The number of hydrogen-bond donors (Lipinski definition) is 2. The van der Waals surface area contributed by atoms with Crippen LogP contribution in [0.2, 0.25) is 0 Å². The van der Waals surface area contributed by atoms with Crippen LogP contribution in [0.5, 0.6) is 5.75 Å². The number of carbonyl (C=O) groups is 1. The maximum absolute atomic E-state index is 12.7. The second-order valence-electron chi connectivity index (χ2n) is 6.11. The average Bonchev–Trinajstić information content (AvgIpc) is 3.00. The fourth-order valence-electron chi connectivity index (χ4n) is 2.77. The van der Waals surface area contributed by atoms with Gasteiger partial charge in [-0.3, -0.25) is 4.79 Å². The van der Waals surface area contributed by atoms with Crippen molar-refractivity contribution in [3.8, 4) is 5.75 Å². The second kappa shape index (κ2) is 8.40. The fraction of sp³-hybridized carbons (Fsp3) is 0.238. The number of aryl methyl sites for hydroxylation is 2. The predicted molar refractivity (Wildman–Crippen MR) is 105 cm³/mol. The minimum atomic E-state index is -0.180. The molecule has 27 heavy (non-hydrogen) atoms. The Hall–Kier alpha value is -3.28. The highest BCUT2D eigenvalue weighted by Gasteiger charge is 2.13. The van der Waals surface area contributed by atoms with Crippen molar-refractivity contribution in [3.63, 3.8) is 0 Å². The van der Waals surface area contributed by atoms with Crippen LogP contribution in [0.15, 0.2) is 53.1 Å². The van der Waals surface area contributed by atoms with E-state index in [1.807, 2.05) is 63.2 Å². The molecule has 0 spiro atoms. The molecule has 0 fully saturated rings. The van der Waals surface area contributed by atoms with Crippen molar-refractivity contribution in [3.05, 3.63) is 71.1 Å². The summed E-state index contributed by atoms with van der Waals surface area (Å²) in [5.74, 6) is 1.37. The van der Waals surface area contributed by atoms with Crippen LogP contribution < -0.4 is 15.4 Å². The van der Waals surface area contributed by atoms with Crippen molar-refractivity contribution < 1.29 is 14.1 Å². The van der Waals surface area contributed by atoms with Crippen LogP contribution in [0.4, 0.5) is 11.4 Å². The fourth-order valence-corrected chi connectivity index (χ4v) is 2.77. The lowest BCUT2D eigenvalue weighted by Crippen LogP contribution is -2.15. The Morgan fingerprint density at radius 2 is 1.85 bits per heavy atom. The van der Waals surface area contributed by atoms with Gasteiger partial charge in [-0.1, -0.05) is 17.3 Å². The zero-order valence-electron chi connectivity index (χ0n) is 15.7. The lowest BCUT2D eigenvalue weighted by atomic mass is 10.1. The minimum absolute atomic E-state index is 0.180. The standard InChI is InChI=1S/C21H23N3O3/c1-4-26-17-11-9-16(10-12-17)23-21(25)18-7-5-6-8-20(18)22-13-19-14(2)24-27-15(19)3/h5-12,22H,4,13H2,1-3H3,(H,23,25). The van der Waals surface area contributed by atoms with Gasteiger partial charge in [-0.2, -0.15) is 0 Å². The summed E-state index contributed by atoms with van der Waals surface area (Å²) >= 11 is 0. The first kappa shape index (κ1) is 18.5. The monoisotopic (exact) mass is 365 g/mol. The Balaban J connectivity index is 1.71. The molecule has 3 aromatic rings. The van der Waals surface area contributed by atoms with Crippen molar-refractivity contribution >= 4 is 17.3 Å². The van der Waals surface area contributed by atoms with Crippen molar-refractivity contribution in [2.45, 2.75) is 27.3 Å². The maximum Gasteiger partial charge on any atom is 0.257 e. The molecule has 0 aliphatic rings. The van der Waals surface area contributed by atoms with Crippen LogP contribution in [0.25, 0.3) is 0 Å². The molecule has 0 aliphatic carbocycles. The highest BCUT2D eigenvalue weighted by Crippen LogP contribution is 2.21. The highest BCUT2D eigenvalue weighted by atomic mass is 16.5. The van der Waals surface area contributed by atoms with E-state index in [4.69, 9.17) is 9.26 Å². The molecule has 0 bridgehead atoms. The molecule has 0 aliphatic heterocycles. The quantitative estimate of drug-likeness (QED) is 0.642. The van der Waals surface area contributed by atoms with Crippen molar-refractivity contribution in [2.75, 3.05) is 17.2 Å². The highest BCUT2D eigenvalue weighted by molar-refractivity contribution is 6.08. The van der Waals surface area contributed by atoms with E-state index < -0.39 is 0 Å². The Morgan fingerprint density at radius 3 is 2.52 bits per heavy atom. The van der Waals surface area contributed by atoms with E-state index in [1.165, 1.54) is 0 Å². The largest absolute Gasteiger partial charge is 0.494 e. The molecule has 0 saturated carbocycles. The van der Waals surface area contributed by atoms with Gasteiger partial charge in [0.15, 0.2) is 0 Å². The molecule has 6 heteroatoms. The Labute approximate surface area is 158 Å². The number of benzene rings is 2. The Morgan fingerprint density at radius 1 is 1.11 bits per heavy atom. The first-order chi connectivity index (χ1) is 13.1. The maximum atomic E-state index is 12.7. The summed E-state index contributed by atoms with van der Waals surface area (Å²) in [6.07, 6.45) is 0. The van der Waals surface area contributed by atoms with Crippen LogP contribution in [0, 0.1) is 13.8 Å². The van der Waals surface area contributed by atoms with E-state index in [9.17, 15) is 4.79 Å². The molecular formula is C21H23N3O3. The van der Waals surface area contributed by atoms with E-state index in [0.717, 1.165) is 28.5 Å². The molecule has 3 rings (SSSR count). The summed E-state index contributed by atoms with van der Waals surface area (Å²) in [5, 5.41) is 10.2. The summed E-state index contributed by atoms with van der Waals surface area (Å²) in [6, 6.07) is 14.7. The van der Waals surface area contributed by atoms with E-state index >= 15 is 0 Å². The second-order valence-corrected chi connectivity index (χ2v) is 6.11. The van der Waals surface area contributed by atoms with Crippen molar-refractivity contribution in [1.82, 2.24) is 5.16 Å². The van der Waals surface area contributed by atoms with Crippen LogP contribution >= 0.6 is 0 Å². The van der Waals surface area contributed by atoms with Gasteiger partial charge < -0.3 is 19.9 Å². The number of nitrogens with one attached hydrogen (secondary N) is 2. The van der Waals surface area contributed by atoms with E-state index in [0.29, 0.717) is 24.4 Å². The third-order valence-electron chi connectivity index (χ3n) is 4.23. The van der Waals surface area contributed by atoms with Crippen LogP contribution in [-0.2, 0) is 6.54 Å². The topological polar surface area (TPSA) is 76.4 Å². The SMILES string of the molecule is CCOc1ccc(NC(=O)c2ccccc2NCc2c(C)noc2C)cc1. The molecule has 0 saturated heterocycles. The zero-order valence-corrected chi connectivity index (χ0v) is 15.7. The number of rotatable bonds is 7. The molecule has 2 aromatic carbocycles. The van der Waals surface area contributed by atoms with Gasteiger partial charge in [0.05, 0.1) is 17.9 Å². The molecule has 1 amide bonds. The van der Waals surface area contributed by atoms with E-state index in [1.54, 1.807) is 6.07 Å². The van der Waals surface area contributed by atoms with Crippen LogP contribution in [0.1, 0.15) is 34.3 Å². The van der Waals surface area contributed by atoms with Crippen LogP contribution in [0.3, 0.4) is 0 Å². The Bertz CT molecular complexity index is 897. The molecule has 140 valence electrons. The van der Waals surface area contributed by atoms with E-state index in [2.05, 4.69) is 15.8 Å². The zero-order chi connectivity index (χ0) is 19.2. The molecule has 2 N–H and O–H groups in total. The molecular weight excluding hydrogens is 342 g/mol. The summed E-state index contributed by atoms with van der Waals surface area (Å²) in [6.45, 7) is 6.85. The number of nitrogens with zero attached hydrogens (tertiary/aromatic N) is 1. The number of carbonyl (C=O) groups excluding carboxylic acids is 1. The first-order valence-corrected chi connectivity index (χ1v) is 8.87. The van der Waals surface area contributed by atoms with Gasteiger partial charge in [-0.15, -0.1) is 0 Å². The number of anilines is 2. The number of para-hydroxylation sites is 1. The third kappa shape index (κ3) is 4.47. The average molecular weight is 365 g/mol. The Kier molecular flexibility index (Phi) is 5.76. The third-order valence-corrected chi connectivity index (χ3v) is 4.23.